The van der Waals surface area contributed by atoms with Crippen LogP contribution in [-0.4, -0.2) is 21.7 Å². The second-order valence-corrected chi connectivity index (χ2v) is 5.57. The lowest BCUT2D eigenvalue weighted by atomic mass is 9.78. The Balaban J connectivity index is 2.89. The molecule has 0 saturated carbocycles. The maximum Gasteiger partial charge on any atom is 0.223 e. The number of nitro groups is 1. The number of hydrogen-bond donors (Lipinski definition) is 1. The molecule has 0 aromatic carbocycles. The van der Waals surface area contributed by atoms with Gasteiger partial charge in [0.1, 0.15) is 5.78 Å². The van der Waals surface area contributed by atoms with Crippen molar-refractivity contribution >= 4 is 5.78 Å². The number of H-pyrrole nitrogens is 1. The van der Waals surface area contributed by atoms with Gasteiger partial charge < -0.3 is 9.78 Å². The molecule has 100 valence electrons. The molecule has 0 spiro atoms. The molecule has 0 aliphatic carbocycles. The van der Waals surface area contributed by atoms with Gasteiger partial charge in [-0.25, -0.2) is 0 Å². The molecule has 1 heterocycles. The molecule has 0 aliphatic heterocycles. The Morgan fingerprint density at radius 3 is 2.56 bits per heavy atom. The monoisotopic (exact) mass is 252 g/mol. The van der Waals surface area contributed by atoms with Crippen LogP contribution in [0.4, 0.5) is 0 Å². The van der Waals surface area contributed by atoms with E-state index in [4.69, 9.17) is 0 Å². The number of aryl methyl sites for hydroxylation is 1. The van der Waals surface area contributed by atoms with Crippen molar-refractivity contribution < 1.29 is 9.72 Å². The van der Waals surface area contributed by atoms with Crippen molar-refractivity contribution in [3.8, 4) is 0 Å². The van der Waals surface area contributed by atoms with Crippen LogP contribution in [0.2, 0.25) is 0 Å². The van der Waals surface area contributed by atoms with Crippen molar-refractivity contribution in [2.45, 2.75) is 46.6 Å². The average molecular weight is 252 g/mol. The first-order valence-corrected chi connectivity index (χ1v) is 5.99. The van der Waals surface area contributed by atoms with E-state index in [2.05, 4.69) is 4.98 Å². The van der Waals surface area contributed by atoms with Gasteiger partial charge in [-0.05, 0) is 25.5 Å². The fourth-order valence-electron chi connectivity index (χ4n) is 2.29. The summed E-state index contributed by atoms with van der Waals surface area (Å²) >= 11 is 0. The quantitative estimate of drug-likeness (QED) is 0.624. The molecule has 1 aromatic rings. The summed E-state index contributed by atoms with van der Waals surface area (Å²) in [6.07, 6.45) is 2.36. The van der Waals surface area contributed by atoms with Crippen molar-refractivity contribution in [1.82, 2.24) is 4.98 Å². The van der Waals surface area contributed by atoms with Crippen LogP contribution in [0.25, 0.3) is 0 Å². The normalized spacial score (nSPS) is 13.3. The number of nitrogens with zero attached hydrogens (tertiary/aromatic N) is 1. The second kappa shape index (κ2) is 5.33. The van der Waals surface area contributed by atoms with Crippen LogP contribution >= 0.6 is 0 Å². The van der Waals surface area contributed by atoms with Gasteiger partial charge in [-0.15, -0.1) is 0 Å². The van der Waals surface area contributed by atoms with Crippen LogP contribution in [0, 0.1) is 22.5 Å². The van der Waals surface area contributed by atoms with E-state index < -0.39 is 11.5 Å². The minimum atomic E-state index is -0.764. The van der Waals surface area contributed by atoms with Crippen molar-refractivity contribution in [1.29, 1.82) is 0 Å². The molecule has 0 amide bonds. The average Bonchev–Trinajstić information content (AvgIpc) is 2.57. The molecule has 1 rings (SSSR count). The third kappa shape index (κ3) is 3.68. The number of carbonyl (C=O) groups excluding carboxylic acids is 1. The van der Waals surface area contributed by atoms with Gasteiger partial charge in [0.25, 0.3) is 0 Å². The van der Waals surface area contributed by atoms with Crippen LogP contribution in [0.5, 0.6) is 0 Å². The topological polar surface area (TPSA) is 76.0 Å². The van der Waals surface area contributed by atoms with Gasteiger partial charge in [0.2, 0.25) is 6.04 Å². The molecule has 0 radical (unpaired) electrons. The van der Waals surface area contributed by atoms with Gasteiger partial charge in [-0.2, -0.15) is 0 Å². The van der Waals surface area contributed by atoms with Crippen molar-refractivity contribution in [3.05, 3.63) is 33.6 Å². The zero-order valence-electron chi connectivity index (χ0n) is 11.3. The summed E-state index contributed by atoms with van der Waals surface area (Å²) in [5.74, 6) is -0.0190. The predicted molar refractivity (Wildman–Crippen MR) is 69.1 cm³/mol. The van der Waals surface area contributed by atoms with Crippen LogP contribution in [0.3, 0.4) is 0 Å². The van der Waals surface area contributed by atoms with Gasteiger partial charge in [0.05, 0.1) is 6.42 Å². The summed E-state index contributed by atoms with van der Waals surface area (Å²) in [5.41, 5.74) is 1.25. The second-order valence-electron chi connectivity index (χ2n) is 5.57. The summed E-state index contributed by atoms with van der Waals surface area (Å²) in [6, 6.07) is 1.14. The van der Waals surface area contributed by atoms with Crippen LogP contribution < -0.4 is 0 Å². The van der Waals surface area contributed by atoms with Crippen molar-refractivity contribution in [2.24, 2.45) is 5.41 Å². The van der Waals surface area contributed by atoms with E-state index in [0.717, 1.165) is 11.3 Å². The molecule has 1 atom stereocenters. The Morgan fingerprint density at radius 2 is 2.17 bits per heavy atom. The SMILES string of the molecule is CC(=O)CC(C)(C)C(Cc1cc(C)c[nH]1)[N+](=O)[O-]. The summed E-state index contributed by atoms with van der Waals surface area (Å²) in [7, 11) is 0. The molecular weight excluding hydrogens is 232 g/mol. The molecule has 1 unspecified atom stereocenters. The van der Waals surface area contributed by atoms with Gasteiger partial charge in [-0.1, -0.05) is 13.8 Å². The maximum absolute atomic E-state index is 11.2. The third-order valence-electron chi connectivity index (χ3n) is 3.16. The summed E-state index contributed by atoms with van der Waals surface area (Å²) in [6.45, 7) is 6.95. The lowest BCUT2D eigenvalue weighted by molar-refractivity contribution is -0.540. The molecule has 1 N–H and O–H groups in total. The standard InChI is InChI=1S/C13H20N2O3/c1-9-5-11(14-8-9)6-12(15(17)18)13(3,4)7-10(2)16/h5,8,12,14H,6-7H2,1-4H3. The van der Waals surface area contributed by atoms with Gasteiger partial charge >= 0.3 is 0 Å². The Bertz CT molecular complexity index is 449. The number of ketones is 1. The molecule has 0 aliphatic rings. The predicted octanol–water partition coefficient (Wildman–Crippen LogP) is 2.52. The van der Waals surface area contributed by atoms with Gasteiger partial charge in [0.15, 0.2) is 0 Å². The zero-order chi connectivity index (χ0) is 13.9. The minimum Gasteiger partial charge on any atom is -0.365 e. The van der Waals surface area contributed by atoms with E-state index in [1.807, 2.05) is 19.2 Å². The lowest BCUT2D eigenvalue weighted by Gasteiger charge is -2.26. The highest BCUT2D eigenvalue weighted by Crippen LogP contribution is 2.30. The Morgan fingerprint density at radius 1 is 1.56 bits per heavy atom. The largest absolute Gasteiger partial charge is 0.365 e. The fourth-order valence-corrected chi connectivity index (χ4v) is 2.29. The summed E-state index contributed by atoms with van der Waals surface area (Å²) in [4.78, 5) is 25.2. The first kappa shape index (κ1) is 14.4. The first-order chi connectivity index (χ1) is 8.22. The smallest absolute Gasteiger partial charge is 0.223 e. The molecule has 1 aromatic heterocycles. The number of aromatic nitrogens is 1. The van der Waals surface area contributed by atoms with Crippen molar-refractivity contribution in [3.63, 3.8) is 0 Å². The Kier molecular flexibility index (Phi) is 4.27. The van der Waals surface area contributed by atoms with E-state index >= 15 is 0 Å². The molecular formula is C13H20N2O3. The minimum absolute atomic E-state index is 0.0190. The van der Waals surface area contributed by atoms with Crippen LogP contribution in [0.15, 0.2) is 12.3 Å². The summed E-state index contributed by atoms with van der Waals surface area (Å²) in [5, 5.41) is 11.2. The zero-order valence-corrected chi connectivity index (χ0v) is 11.3. The highest BCUT2D eigenvalue weighted by molar-refractivity contribution is 5.76. The number of hydrogen-bond acceptors (Lipinski definition) is 3. The van der Waals surface area contributed by atoms with Gasteiger partial charge in [0, 0.05) is 28.6 Å². The van der Waals surface area contributed by atoms with Crippen molar-refractivity contribution in [2.75, 3.05) is 0 Å². The molecule has 5 nitrogen and oxygen atoms in total. The highest BCUT2D eigenvalue weighted by Gasteiger charge is 2.40. The lowest BCUT2D eigenvalue weighted by Crippen LogP contribution is -2.39. The fraction of sp³-hybridized carbons (Fsp3) is 0.615. The maximum atomic E-state index is 11.2. The molecule has 5 heteroatoms. The summed E-state index contributed by atoms with van der Waals surface area (Å²) < 4.78 is 0. The first-order valence-electron chi connectivity index (χ1n) is 5.99. The molecule has 0 bridgehead atoms. The number of aromatic amines is 1. The Hall–Kier alpha value is -1.65. The van der Waals surface area contributed by atoms with Crippen LogP contribution in [0.1, 0.15) is 38.4 Å². The van der Waals surface area contributed by atoms with E-state index in [0.29, 0.717) is 6.42 Å². The van der Waals surface area contributed by atoms with E-state index in [1.54, 1.807) is 13.8 Å². The molecule has 18 heavy (non-hydrogen) atoms. The van der Waals surface area contributed by atoms with Gasteiger partial charge in [-0.3, -0.25) is 10.1 Å². The van der Waals surface area contributed by atoms with E-state index in [-0.39, 0.29) is 17.1 Å². The van der Waals surface area contributed by atoms with E-state index in [1.165, 1.54) is 6.92 Å². The number of Topliss-reactive ketones (excluding diaryl/α,β-unsaturated/α-hetero) is 1. The number of carbonyl (C=O) groups is 1. The Labute approximate surface area is 107 Å². The van der Waals surface area contributed by atoms with Crippen LogP contribution in [-0.2, 0) is 11.2 Å². The highest BCUT2D eigenvalue weighted by atomic mass is 16.6. The van der Waals surface area contributed by atoms with E-state index in [9.17, 15) is 14.9 Å². The molecule has 0 saturated heterocycles. The third-order valence-corrected chi connectivity index (χ3v) is 3.16. The number of rotatable bonds is 6. The molecule has 0 fully saturated rings. The number of nitrogens with one attached hydrogen (secondary N) is 1.